The van der Waals surface area contributed by atoms with Crippen molar-refractivity contribution in [3.8, 4) is 16.8 Å². The molecule has 0 aliphatic heterocycles. The molecule has 2 aromatic carbocycles. The minimum Gasteiger partial charge on any atom is -0.239 e. The van der Waals surface area contributed by atoms with E-state index < -0.39 is 0 Å². The molecule has 3 aromatic rings. The van der Waals surface area contributed by atoms with E-state index in [0.29, 0.717) is 5.02 Å². The van der Waals surface area contributed by atoms with E-state index in [4.69, 9.17) is 11.6 Å². The van der Waals surface area contributed by atoms with Gasteiger partial charge in [-0.05, 0) is 29.8 Å². The third-order valence-electron chi connectivity index (χ3n) is 2.86. The standard InChI is InChI=1S/C15H10ClFN2/c16-14-3-1-2-4-15(14)19-10-12(9-18-19)11-5-7-13(17)8-6-11/h1-10H. The number of nitrogens with zero attached hydrogens (tertiary/aromatic N) is 2. The summed E-state index contributed by atoms with van der Waals surface area (Å²) in [6.07, 6.45) is 3.60. The molecule has 0 aliphatic carbocycles. The van der Waals surface area contributed by atoms with E-state index in [2.05, 4.69) is 5.10 Å². The summed E-state index contributed by atoms with van der Waals surface area (Å²) in [7, 11) is 0. The third-order valence-corrected chi connectivity index (χ3v) is 3.18. The molecule has 0 saturated carbocycles. The predicted octanol–water partition coefficient (Wildman–Crippen LogP) is 4.33. The summed E-state index contributed by atoms with van der Waals surface area (Å²) in [5.74, 6) is -0.248. The summed E-state index contributed by atoms with van der Waals surface area (Å²) in [4.78, 5) is 0. The molecule has 94 valence electrons. The Morgan fingerprint density at radius 2 is 1.68 bits per heavy atom. The molecule has 0 amide bonds. The lowest BCUT2D eigenvalue weighted by Gasteiger charge is -2.02. The summed E-state index contributed by atoms with van der Waals surface area (Å²) in [5, 5.41) is 4.92. The lowest BCUT2D eigenvalue weighted by Crippen LogP contribution is -1.94. The molecule has 0 aliphatic rings. The number of hydrogen-bond acceptors (Lipinski definition) is 1. The second kappa shape index (κ2) is 4.86. The van der Waals surface area contributed by atoms with Crippen LogP contribution in [0.1, 0.15) is 0 Å². The summed E-state index contributed by atoms with van der Waals surface area (Å²) >= 11 is 6.12. The second-order valence-electron chi connectivity index (χ2n) is 4.13. The van der Waals surface area contributed by atoms with Gasteiger partial charge in [-0.15, -0.1) is 0 Å². The maximum absolute atomic E-state index is 12.9. The van der Waals surface area contributed by atoms with Crippen LogP contribution < -0.4 is 0 Å². The molecule has 0 bridgehead atoms. The molecule has 0 fully saturated rings. The minimum absolute atomic E-state index is 0.248. The molecular formula is C15H10ClFN2. The van der Waals surface area contributed by atoms with Gasteiger partial charge in [0.1, 0.15) is 5.82 Å². The molecule has 19 heavy (non-hydrogen) atoms. The summed E-state index contributed by atoms with van der Waals surface area (Å²) in [6.45, 7) is 0. The second-order valence-corrected chi connectivity index (χ2v) is 4.54. The molecule has 0 N–H and O–H groups in total. The van der Waals surface area contributed by atoms with Crippen LogP contribution in [-0.2, 0) is 0 Å². The highest BCUT2D eigenvalue weighted by Crippen LogP contribution is 2.23. The average molecular weight is 273 g/mol. The van der Waals surface area contributed by atoms with Gasteiger partial charge in [-0.3, -0.25) is 0 Å². The van der Waals surface area contributed by atoms with E-state index in [1.807, 2.05) is 30.5 Å². The van der Waals surface area contributed by atoms with E-state index in [1.165, 1.54) is 12.1 Å². The summed E-state index contributed by atoms with van der Waals surface area (Å²) in [6, 6.07) is 13.8. The topological polar surface area (TPSA) is 17.8 Å². The van der Waals surface area contributed by atoms with Crippen LogP contribution in [0.15, 0.2) is 60.9 Å². The fourth-order valence-electron chi connectivity index (χ4n) is 1.88. The number of para-hydroxylation sites is 1. The molecule has 1 heterocycles. The first-order valence-electron chi connectivity index (χ1n) is 5.79. The fourth-order valence-corrected chi connectivity index (χ4v) is 2.11. The van der Waals surface area contributed by atoms with Crippen molar-refractivity contribution in [2.24, 2.45) is 0 Å². The van der Waals surface area contributed by atoms with Gasteiger partial charge in [0, 0.05) is 11.8 Å². The van der Waals surface area contributed by atoms with Crippen molar-refractivity contribution in [3.05, 3.63) is 71.8 Å². The van der Waals surface area contributed by atoms with Gasteiger partial charge in [-0.25, -0.2) is 9.07 Å². The summed E-state index contributed by atoms with van der Waals surface area (Å²) < 4.78 is 14.6. The normalized spacial score (nSPS) is 10.6. The Balaban J connectivity index is 2.00. The molecule has 3 rings (SSSR count). The maximum atomic E-state index is 12.9. The maximum Gasteiger partial charge on any atom is 0.123 e. The smallest absolute Gasteiger partial charge is 0.123 e. The van der Waals surface area contributed by atoms with Crippen LogP contribution in [0, 0.1) is 5.82 Å². The van der Waals surface area contributed by atoms with Crippen molar-refractivity contribution in [1.29, 1.82) is 0 Å². The number of aromatic nitrogens is 2. The summed E-state index contributed by atoms with van der Waals surface area (Å²) in [5.41, 5.74) is 2.65. The van der Waals surface area contributed by atoms with Crippen LogP contribution >= 0.6 is 11.6 Å². The van der Waals surface area contributed by atoms with Crippen molar-refractivity contribution in [2.45, 2.75) is 0 Å². The van der Waals surface area contributed by atoms with Gasteiger partial charge >= 0.3 is 0 Å². The molecule has 0 saturated heterocycles. The molecule has 2 nitrogen and oxygen atoms in total. The van der Waals surface area contributed by atoms with Crippen LogP contribution in [-0.4, -0.2) is 9.78 Å². The van der Waals surface area contributed by atoms with E-state index in [-0.39, 0.29) is 5.82 Å². The third kappa shape index (κ3) is 2.37. The van der Waals surface area contributed by atoms with Crippen molar-refractivity contribution in [1.82, 2.24) is 9.78 Å². The Bertz CT molecular complexity index is 704. The number of rotatable bonds is 2. The lowest BCUT2D eigenvalue weighted by molar-refractivity contribution is 0.628. The van der Waals surface area contributed by atoms with Crippen LogP contribution in [0.5, 0.6) is 0 Å². The first kappa shape index (κ1) is 11.9. The molecule has 0 unspecified atom stereocenters. The van der Waals surface area contributed by atoms with Gasteiger partial charge in [0.05, 0.1) is 16.9 Å². The van der Waals surface area contributed by atoms with Crippen LogP contribution in [0.4, 0.5) is 4.39 Å². The first-order valence-corrected chi connectivity index (χ1v) is 6.17. The zero-order valence-electron chi connectivity index (χ0n) is 9.92. The van der Waals surface area contributed by atoms with Gasteiger partial charge in [0.25, 0.3) is 0 Å². The Morgan fingerprint density at radius 3 is 2.42 bits per heavy atom. The predicted molar refractivity (Wildman–Crippen MR) is 74.0 cm³/mol. The fraction of sp³-hybridized carbons (Fsp3) is 0. The van der Waals surface area contributed by atoms with Gasteiger partial charge < -0.3 is 0 Å². The van der Waals surface area contributed by atoms with Gasteiger partial charge in [-0.2, -0.15) is 5.10 Å². The monoisotopic (exact) mass is 272 g/mol. The van der Waals surface area contributed by atoms with Crippen molar-refractivity contribution >= 4 is 11.6 Å². The van der Waals surface area contributed by atoms with Crippen LogP contribution in [0.2, 0.25) is 5.02 Å². The average Bonchev–Trinajstić information content (AvgIpc) is 2.89. The lowest BCUT2D eigenvalue weighted by atomic mass is 10.1. The van der Waals surface area contributed by atoms with Crippen LogP contribution in [0.25, 0.3) is 16.8 Å². The molecule has 1 aromatic heterocycles. The van der Waals surface area contributed by atoms with E-state index in [9.17, 15) is 4.39 Å². The Morgan fingerprint density at radius 1 is 0.947 bits per heavy atom. The van der Waals surface area contributed by atoms with Gasteiger partial charge in [0.2, 0.25) is 0 Å². The van der Waals surface area contributed by atoms with Crippen LogP contribution in [0.3, 0.4) is 0 Å². The minimum atomic E-state index is -0.248. The van der Waals surface area contributed by atoms with Crippen molar-refractivity contribution in [3.63, 3.8) is 0 Å². The highest BCUT2D eigenvalue weighted by Gasteiger charge is 2.06. The van der Waals surface area contributed by atoms with E-state index in [0.717, 1.165) is 16.8 Å². The molecule has 0 spiro atoms. The molecular weight excluding hydrogens is 263 g/mol. The zero-order chi connectivity index (χ0) is 13.2. The van der Waals surface area contributed by atoms with Crippen molar-refractivity contribution < 1.29 is 4.39 Å². The Labute approximate surface area is 115 Å². The highest BCUT2D eigenvalue weighted by molar-refractivity contribution is 6.32. The molecule has 0 atom stereocenters. The van der Waals surface area contributed by atoms with Gasteiger partial charge in [0.15, 0.2) is 0 Å². The van der Waals surface area contributed by atoms with E-state index in [1.54, 1.807) is 23.0 Å². The molecule has 0 radical (unpaired) electrons. The zero-order valence-corrected chi connectivity index (χ0v) is 10.7. The quantitative estimate of drug-likeness (QED) is 0.679. The Kier molecular flexibility index (Phi) is 3.05. The van der Waals surface area contributed by atoms with Gasteiger partial charge in [-0.1, -0.05) is 35.9 Å². The first-order chi connectivity index (χ1) is 9.24. The Hall–Kier alpha value is -2.13. The molecule has 4 heteroatoms. The number of halogens is 2. The SMILES string of the molecule is Fc1ccc(-c2cnn(-c3ccccc3Cl)c2)cc1. The highest BCUT2D eigenvalue weighted by atomic mass is 35.5. The number of hydrogen-bond donors (Lipinski definition) is 0. The van der Waals surface area contributed by atoms with E-state index >= 15 is 0 Å². The van der Waals surface area contributed by atoms with Crippen molar-refractivity contribution in [2.75, 3.05) is 0 Å². The largest absolute Gasteiger partial charge is 0.239 e. The number of benzene rings is 2.